The van der Waals surface area contributed by atoms with Crippen LogP contribution >= 0.6 is 0 Å². The van der Waals surface area contributed by atoms with Crippen LogP contribution in [0.5, 0.6) is 0 Å². The van der Waals surface area contributed by atoms with E-state index in [4.69, 9.17) is 14.4 Å². The number of carbonyl (C=O) groups excluding carboxylic acids is 1. The van der Waals surface area contributed by atoms with Crippen LogP contribution in [0.25, 0.3) is 0 Å². The van der Waals surface area contributed by atoms with Crippen LogP contribution in [-0.4, -0.2) is 78.4 Å². The first-order valence-electron chi connectivity index (χ1n) is 14.5. The van der Waals surface area contributed by atoms with Crippen molar-refractivity contribution in [2.75, 3.05) is 40.4 Å². The molecule has 10 heteroatoms. The van der Waals surface area contributed by atoms with Crippen LogP contribution in [0.1, 0.15) is 85.5 Å². The standard InChI is InChI=1S/C18H27N3O3.C13H19N3O.2CH4/c1-18(2,3)24-17(22)21-11-8-14(9-12-21)13-16(20-23-4)15-7-5-6-10-19-15;1-17-16-13(12-4-2-3-7-15-12)10-11-5-8-14-9-6-11;;/h5-7,10,14H,8-9,11-13H2,1-4H3;2-4,7,11,14H,5-6,8-10H2,1H3;2*1H4/b20-16+;16-13+;;. The Morgan fingerprint density at radius 3 is 1.70 bits per heavy atom. The van der Waals surface area contributed by atoms with E-state index in [1.165, 1.54) is 12.8 Å². The number of rotatable bonds is 8. The van der Waals surface area contributed by atoms with Crippen molar-refractivity contribution in [3.05, 3.63) is 60.2 Å². The average molecular weight is 599 g/mol. The van der Waals surface area contributed by atoms with Crippen molar-refractivity contribution in [2.45, 2.75) is 79.8 Å². The molecule has 2 aliphatic rings. The number of ether oxygens (including phenoxy) is 1. The third-order valence-corrected chi connectivity index (χ3v) is 7.01. The fraction of sp³-hybridized carbons (Fsp3) is 0.606. The molecule has 10 nitrogen and oxygen atoms in total. The monoisotopic (exact) mass is 598 g/mol. The van der Waals surface area contributed by atoms with E-state index in [2.05, 4.69) is 25.6 Å². The van der Waals surface area contributed by atoms with Gasteiger partial charge < -0.3 is 24.6 Å². The van der Waals surface area contributed by atoms with Gasteiger partial charge in [0.25, 0.3) is 0 Å². The molecule has 0 spiro atoms. The van der Waals surface area contributed by atoms with Gasteiger partial charge >= 0.3 is 6.09 Å². The van der Waals surface area contributed by atoms with E-state index >= 15 is 0 Å². The molecule has 2 aromatic heterocycles. The van der Waals surface area contributed by atoms with E-state index in [1.807, 2.05) is 57.2 Å². The third kappa shape index (κ3) is 13.5. The van der Waals surface area contributed by atoms with E-state index in [0.29, 0.717) is 24.9 Å². The summed E-state index contributed by atoms with van der Waals surface area (Å²) in [7, 11) is 3.14. The lowest BCUT2D eigenvalue weighted by Crippen LogP contribution is -2.42. The summed E-state index contributed by atoms with van der Waals surface area (Å²) in [5.41, 5.74) is 3.13. The zero-order valence-corrected chi connectivity index (χ0v) is 25.2. The summed E-state index contributed by atoms with van der Waals surface area (Å²) in [5, 5.41) is 11.6. The van der Waals surface area contributed by atoms with Crippen LogP contribution in [0.3, 0.4) is 0 Å². The molecule has 0 saturated carbocycles. The second-order valence-electron chi connectivity index (χ2n) is 11.4. The van der Waals surface area contributed by atoms with Crippen LogP contribution in [0, 0.1) is 11.8 Å². The predicted molar refractivity (Wildman–Crippen MR) is 174 cm³/mol. The highest BCUT2D eigenvalue weighted by Crippen LogP contribution is 2.24. The van der Waals surface area contributed by atoms with Gasteiger partial charge in [0.15, 0.2) is 0 Å². The zero-order valence-electron chi connectivity index (χ0n) is 25.2. The zero-order chi connectivity index (χ0) is 29.5. The number of oxime groups is 2. The molecule has 0 radical (unpaired) electrons. The highest BCUT2D eigenvalue weighted by Gasteiger charge is 2.28. The number of nitrogens with zero attached hydrogens (tertiary/aromatic N) is 5. The van der Waals surface area contributed by atoms with E-state index < -0.39 is 5.60 Å². The molecule has 0 atom stereocenters. The van der Waals surface area contributed by atoms with Gasteiger partial charge in [0.2, 0.25) is 0 Å². The lowest BCUT2D eigenvalue weighted by molar-refractivity contribution is 0.0186. The number of piperidine rings is 2. The average Bonchev–Trinajstić information content (AvgIpc) is 2.98. The molecule has 2 aromatic rings. The van der Waals surface area contributed by atoms with Crippen LogP contribution < -0.4 is 5.32 Å². The minimum absolute atomic E-state index is 0. The Morgan fingerprint density at radius 1 is 0.837 bits per heavy atom. The van der Waals surface area contributed by atoms with Gasteiger partial charge in [0, 0.05) is 25.5 Å². The Balaban J connectivity index is 0.000000432. The summed E-state index contributed by atoms with van der Waals surface area (Å²) in [5.74, 6) is 1.15. The van der Waals surface area contributed by atoms with E-state index in [-0.39, 0.29) is 20.9 Å². The van der Waals surface area contributed by atoms with Crippen LogP contribution in [0.4, 0.5) is 4.79 Å². The lowest BCUT2D eigenvalue weighted by atomic mass is 9.90. The van der Waals surface area contributed by atoms with Crippen molar-refractivity contribution in [2.24, 2.45) is 22.1 Å². The second-order valence-corrected chi connectivity index (χ2v) is 11.4. The molecular weight excluding hydrogens is 544 g/mol. The largest absolute Gasteiger partial charge is 0.444 e. The van der Waals surface area contributed by atoms with Gasteiger partial charge in [0.05, 0.1) is 11.4 Å². The Morgan fingerprint density at radius 2 is 1.30 bits per heavy atom. The number of likely N-dealkylation sites (tertiary alicyclic amines) is 1. The first-order valence-corrected chi connectivity index (χ1v) is 14.5. The van der Waals surface area contributed by atoms with Gasteiger partial charge in [-0.3, -0.25) is 9.97 Å². The minimum atomic E-state index is -0.453. The van der Waals surface area contributed by atoms with Crippen molar-refractivity contribution in [1.82, 2.24) is 20.2 Å². The Kier molecular flexibility index (Phi) is 17.1. The first kappa shape index (κ1) is 37.5. The molecule has 4 heterocycles. The van der Waals surface area contributed by atoms with E-state index in [1.54, 1.807) is 31.5 Å². The Labute approximate surface area is 259 Å². The van der Waals surface area contributed by atoms with Gasteiger partial charge in [-0.2, -0.15) is 0 Å². The number of aromatic nitrogens is 2. The second kappa shape index (κ2) is 19.6. The number of nitrogens with one attached hydrogen (secondary N) is 1. The van der Waals surface area contributed by atoms with Crippen LogP contribution in [-0.2, 0) is 14.4 Å². The van der Waals surface area contributed by atoms with Crippen LogP contribution in [0.2, 0.25) is 0 Å². The van der Waals surface area contributed by atoms with Crippen LogP contribution in [0.15, 0.2) is 59.1 Å². The van der Waals surface area contributed by atoms with Crippen molar-refractivity contribution in [3.8, 4) is 0 Å². The van der Waals surface area contributed by atoms with Crippen molar-refractivity contribution < 1.29 is 19.2 Å². The molecule has 240 valence electrons. The number of hydrogen-bond acceptors (Lipinski definition) is 9. The smallest absolute Gasteiger partial charge is 0.410 e. The quantitative estimate of drug-likeness (QED) is 0.270. The summed E-state index contributed by atoms with van der Waals surface area (Å²) in [4.78, 5) is 32.5. The van der Waals surface area contributed by atoms with Crippen molar-refractivity contribution in [1.29, 1.82) is 0 Å². The van der Waals surface area contributed by atoms with Crippen molar-refractivity contribution >= 4 is 17.5 Å². The maximum Gasteiger partial charge on any atom is 0.410 e. The molecule has 1 N–H and O–H groups in total. The molecule has 0 bridgehead atoms. The fourth-order valence-corrected chi connectivity index (χ4v) is 4.94. The van der Waals surface area contributed by atoms with E-state index in [9.17, 15) is 4.79 Å². The predicted octanol–water partition coefficient (Wildman–Crippen LogP) is 6.56. The molecule has 43 heavy (non-hydrogen) atoms. The van der Waals surface area contributed by atoms with E-state index in [0.717, 1.165) is 61.6 Å². The normalized spacial score (nSPS) is 16.5. The molecular formula is C33H54N6O4. The first-order chi connectivity index (χ1) is 19.8. The fourth-order valence-electron chi connectivity index (χ4n) is 4.94. The maximum absolute atomic E-state index is 12.1. The topological polar surface area (TPSA) is 111 Å². The number of hydrogen-bond donors (Lipinski definition) is 1. The van der Waals surface area contributed by atoms with Gasteiger partial charge in [-0.05, 0) is 108 Å². The number of pyridine rings is 2. The number of amides is 1. The SMILES string of the molecule is C.C.CO/N=C(\CC1CCN(C(=O)OC(C)(C)C)CC1)c1ccccn1.CO/N=C(\CC1CCNCC1)c1ccccn1. The molecule has 2 saturated heterocycles. The summed E-state index contributed by atoms with van der Waals surface area (Å²) >= 11 is 0. The highest BCUT2D eigenvalue weighted by molar-refractivity contribution is 5.99. The lowest BCUT2D eigenvalue weighted by Gasteiger charge is -2.33. The molecule has 2 aliphatic heterocycles. The molecule has 4 rings (SSSR count). The van der Waals surface area contributed by atoms with Crippen molar-refractivity contribution in [3.63, 3.8) is 0 Å². The summed E-state index contributed by atoms with van der Waals surface area (Å²) in [6.45, 7) is 9.29. The van der Waals surface area contributed by atoms with Gasteiger partial charge in [-0.15, -0.1) is 0 Å². The molecule has 2 fully saturated rings. The highest BCUT2D eigenvalue weighted by atomic mass is 16.6. The van der Waals surface area contributed by atoms with Gasteiger partial charge in [-0.1, -0.05) is 37.3 Å². The number of carbonyl (C=O) groups is 1. The van der Waals surface area contributed by atoms with Gasteiger partial charge in [-0.25, -0.2) is 4.79 Å². The Bertz CT molecular complexity index is 1090. The summed E-state index contributed by atoms with van der Waals surface area (Å²) in [6.07, 6.45) is 9.33. The summed E-state index contributed by atoms with van der Waals surface area (Å²) < 4.78 is 5.43. The molecule has 0 aromatic carbocycles. The minimum Gasteiger partial charge on any atom is -0.444 e. The molecule has 1 amide bonds. The van der Waals surface area contributed by atoms with Gasteiger partial charge in [0.1, 0.15) is 31.2 Å². The Hall–Kier alpha value is -3.53. The molecule has 0 unspecified atom stereocenters. The molecule has 0 aliphatic carbocycles. The summed E-state index contributed by atoms with van der Waals surface area (Å²) in [6, 6.07) is 11.6. The third-order valence-electron chi connectivity index (χ3n) is 7.01. The maximum atomic E-state index is 12.1.